The zero-order valence-corrected chi connectivity index (χ0v) is 30.8. The zero-order valence-electron chi connectivity index (χ0n) is 30.8. The van der Waals surface area contributed by atoms with E-state index in [1.165, 1.54) is 44.5 Å². The molecular weight excluding hydrogens is 676 g/mol. The molecule has 0 spiro atoms. The highest BCUT2D eigenvalue weighted by atomic mass is 19.1. The van der Waals surface area contributed by atoms with E-state index < -0.39 is 5.82 Å². The van der Waals surface area contributed by atoms with Crippen LogP contribution in [-0.2, 0) is 10.8 Å². The largest absolute Gasteiger partial charge is 0.305 e. The van der Waals surface area contributed by atoms with Crippen LogP contribution < -0.4 is 0 Å². The smallest absolute Gasteiger partial charge is 0.173 e. The molecule has 260 valence electrons. The van der Waals surface area contributed by atoms with Crippen LogP contribution in [0, 0.1) is 28.5 Å². The molecule has 0 N–H and O–H groups in total. The third-order valence-corrected chi connectivity index (χ3v) is 12.6. The van der Waals surface area contributed by atoms with E-state index in [1.54, 1.807) is 6.07 Å². The Labute approximate surface area is 317 Å². The molecule has 55 heavy (non-hydrogen) atoms. The maximum atomic E-state index is 18.3. The van der Waals surface area contributed by atoms with Gasteiger partial charge in [-0.2, -0.15) is 10.5 Å². The molecule has 2 aromatic heterocycles. The van der Waals surface area contributed by atoms with Gasteiger partial charge in [-0.15, -0.1) is 0 Å². The number of rotatable bonds is 2. The molecule has 4 nitrogen and oxygen atoms in total. The Bertz CT molecular complexity index is 3090. The van der Waals surface area contributed by atoms with E-state index in [0.717, 1.165) is 43.6 Å². The lowest BCUT2D eigenvalue weighted by molar-refractivity contribution is 0.613. The van der Waals surface area contributed by atoms with E-state index in [1.807, 2.05) is 45.5 Å². The molecule has 7 aromatic carbocycles. The van der Waals surface area contributed by atoms with Crippen LogP contribution in [0.3, 0.4) is 0 Å². The summed E-state index contributed by atoms with van der Waals surface area (Å²) in [6.45, 7) is 9.01. The highest BCUT2D eigenvalue weighted by molar-refractivity contribution is 6.16. The Hall–Kier alpha value is -6.95. The van der Waals surface area contributed by atoms with Gasteiger partial charge in [-0.05, 0) is 74.8 Å². The summed E-state index contributed by atoms with van der Waals surface area (Å²) in [4.78, 5) is 0. The van der Waals surface area contributed by atoms with Crippen LogP contribution in [0.1, 0.15) is 61.1 Å². The lowest BCUT2D eigenvalue weighted by Crippen LogP contribution is -2.15. The van der Waals surface area contributed by atoms with Crippen molar-refractivity contribution < 1.29 is 4.39 Å². The van der Waals surface area contributed by atoms with Crippen LogP contribution in [-0.4, -0.2) is 9.13 Å². The number of fused-ring (bicyclic) bond motifs is 14. The molecule has 11 rings (SSSR count). The molecule has 5 heteroatoms. The van der Waals surface area contributed by atoms with E-state index in [4.69, 9.17) is 0 Å². The fraction of sp³-hybridized carbons (Fsp3) is 0.120. The number of hydrogen-bond donors (Lipinski definition) is 0. The number of nitrogens with zero attached hydrogens (tertiary/aromatic N) is 4. The van der Waals surface area contributed by atoms with Gasteiger partial charge < -0.3 is 9.13 Å². The first-order chi connectivity index (χ1) is 26.7. The van der Waals surface area contributed by atoms with Gasteiger partial charge in [-0.1, -0.05) is 125 Å². The van der Waals surface area contributed by atoms with Crippen molar-refractivity contribution in [1.29, 1.82) is 10.5 Å². The molecular formula is C50H33FN4. The third-order valence-electron chi connectivity index (χ3n) is 12.6. The summed E-state index contributed by atoms with van der Waals surface area (Å²) in [5.74, 6) is -0.619. The fourth-order valence-electron chi connectivity index (χ4n) is 10.4. The Kier molecular flexibility index (Phi) is 6.08. The lowest BCUT2D eigenvalue weighted by Gasteiger charge is -2.23. The third kappa shape index (κ3) is 3.77. The summed E-state index contributed by atoms with van der Waals surface area (Å²) < 4.78 is 22.2. The number of hydrogen-bond acceptors (Lipinski definition) is 2. The summed E-state index contributed by atoms with van der Waals surface area (Å²) >= 11 is 0. The van der Waals surface area contributed by atoms with Crippen LogP contribution >= 0.6 is 0 Å². The molecule has 0 saturated heterocycles. The number of halogens is 1. The first-order valence-electron chi connectivity index (χ1n) is 18.7. The maximum Gasteiger partial charge on any atom is 0.173 e. The summed E-state index contributed by atoms with van der Waals surface area (Å²) in [6.07, 6.45) is 0. The van der Waals surface area contributed by atoms with E-state index >= 15 is 4.39 Å². The van der Waals surface area contributed by atoms with Gasteiger partial charge in [0, 0.05) is 32.4 Å². The maximum absolute atomic E-state index is 18.3. The first-order valence-corrected chi connectivity index (χ1v) is 18.7. The second-order valence-corrected chi connectivity index (χ2v) is 16.0. The molecule has 0 saturated carbocycles. The summed E-state index contributed by atoms with van der Waals surface area (Å²) in [5.41, 5.74) is 12.7. The van der Waals surface area contributed by atoms with E-state index in [0.29, 0.717) is 0 Å². The second kappa shape index (κ2) is 10.6. The molecule has 2 heterocycles. The van der Waals surface area contributed by atoms with Gasteiger partial charge in [0.15, 0.2) is 5.82 Å². The average molecular weight is 709 g/mol. The van der Waals surface area contributed by atoms with Crippen molar-refractivity contribution in [2.24, 2.45) is 0 Å². The topological polar surface area (TPSA) is 57.4 Å². The highest BCUT2D eigenvalue weighted by Gasteiger charge is 2.40. The lowest BCUT2D eigenvalue weighted by atomic mass is 9.80. The summed E-state index contributed by atoms with van der Waals surface area (Å²) in [7, 11) is 0. The molecule has 0 bridgehead atoms. The van der Waals surface area contributed by atoms with Crippen molar-refractivity contribution in [3.63, 3.8) is 0 Å². The molecule has 2 aliphatic carbocycles. The van der Waals surface area contributed by atoms with Crippen molar-refractivity contribution in [1.82, 2.24) is 9.13 Å². The quantitative estimate of drug-likeness (QED) is 0.179. The van der Waals surface area contributed by atoms with Crippen molar-refractivity contribution in [2.45, 2.75) is 38.5 Å². The summed E-state index contributed by atoms with van der Waals surface area (Å²) in [6, 6.07) is 47.8. The van der Waals surface area contributed by atoms with Gasteiger partial charge >= 0.3 is 0 Å². The monoisotopic (exact) mass is 708 g/mol. The number of nitriles is 2. The Morgan fingerprint density at radius 3 is 1.31 bits per heavy atom. The number of aromatic nitrogens is 2. The Balaban J connectivity index is 1.27. The predicted molar refractivity (Wildman–Crippen MR) is 220 cm³/mol. The number of para-hydroxylation sites is 2. The average Bonchev–Trinajstić information content (AvgIpc) is 3.86. The second-order valence-electron chi connectivity index (χ2n) is 16.0. The molecule has 9 aromatic rings. The number of benzene rings is 7. The van der Waals surface area contributed by atoms with Crippen LogP contribution in [0.15, 0.2) is 127 Å². The molecule has 0 atom stereocenters. The van der Waals surface area contributed by atoms with Crippen molar-refractivity contribution in [3.8, 4) is 45.8 Å². The van der Waals surface area contributed by atoms with E-state index in [2.05, 4.69) is 125 Å². The van der Waals surface area contributed by atoms with Crippen molar-refractivity contribution >= 4 is 43.6 Å². The first kappa shape index (κ1) is 31.6. The molecule has 0 amide bonds. The van der Waals surface area contributed by atoms with Gasteiger partial charge in [-0.3, -0.25) is 0 Å². The van der Waals surface area contributed by atoms with Crippen LogP contribution in [0.25, 0.3) is 77.2 Å². The predicted octanol–water partition coefficient (Wildman–Crippen LogP) is 12.4. The van der Waals surface area contributed by atoms with Gasteiger partial charge in [0.2, 0.25) is 0 Å². The molecule has 0 unspecified atom stereocenters. The van der Waals surface area contributed by atoms with Crippen molar-refractivity contribution in [2.75, 3.05) is 0 Å². The van der Waals surface area contributed by atoms with Gasteiger partial charge in [0.05, 0.1) is 33.2 Å². The minimum absolute atomic E-state index is 0.0988. The SMILES string of the molecule is CC1(C)c2ccccc2-c2ccc3c(c21)c1ccccc1n3-c1c(C#N)cc(C#N)c(-n2c3ccccc3c3c4c(ccc32)-c2ccccc2C4(C)C)c1F. The minimum Gasteiger partial charge on any atom is -0.305 e. The minimum atomic E-state index is -0.619. The van der Waals surface area contributed by atoms with Crippen LogP contribution in [0.2, 0.25) is 0 Å². The van der Waals surface area contributed by atoms with Crippen LogP contribution in [0.5, 0.6) is 0 Å². The van der Waals surface area contributed by atoms with Gasteiger partial charge in [0.1, 0.15) is 23.5 Å². The zero-order chi connectivity index (χ0) is 37.5. The van der Waals surface area contributed by atoms with Crippen LogP contribution in [0.4, 0.5) is 4.39 Å². The standard InChI is InChI=1S/C50H33FN4/c1-49(2)36-17-9-5-13-30(36)32-21-23-40-42(44(32)49)34-15-7-11-19-38(34)54(40)47-28(26-52)25-29(27-53)48(46(47)51)55-39-20-12-8-16-35(39)43-41(55)24-22-33-31-14-6-10-18-37(31)50(3,4)45(33)43/h5-25H,1-4H3. The van der Waals surface area contributed by atoms with E-state index in [9.17, 15) is 10.5 Å². The molecule has 0 fully saturated rings. The fourth-order valence-corrected chi connectivity index (χ4v) is 10.4. The van der Waals surface area contributed by atoms with E-state index in [-0.39, 0.29) is 33.3 Å². The molecule has 0 aliphatic heterocycles. The summed E-state index contributed by atoms with van der Waals surface area (Å²) in [5, 5.41) is 25.5. The highest BCUT2D eigenvalue weighted by Crippen LogP contribution is 2.55. The van der Waals surface area contributed by atoms with Crippen molar-refractivity contribution in [3.05, 3.63) is 167 Å². The van der Waals surface area contributed by atoms with Gasteiger partial charge in [0.25, 0.3) is 0 Å². The molecule has 0 radical (unpaired) electrons. The normalized spacial score (nSPS) is 14.5. The Morgan fingerprint density at radius 2 is 0.873 bits per heavy atom. The molecule has 2 aliphatic rings. The Morgan fingerprint density at radius 1 is 0.473 bits per heavy atom. The van der Waals surface area contributed by atoms with Gasteiger partial charge in [-0.25, -0.2) is 4.39 Å².